The van der Waals surface area contributed by atoms with Gasteiger partial charge in [-0.3, -0.25) is 4.79 Å². The van der Waals surface area contributed by atoms with Gasteiger partial charge in [0.05, 0.1) is 10.6 Å². The minimum atomic E-state index is -0.585. The van der Waals surface area contributed by atoms with Crippen LogP contribution in [0, 0.1) is 12.7 Å². The van der Waals surface area contributed by atoms with Crippen molar-refractivity contribution in [2.24, 2.45) is 0 Å². The SMILES string of the molecule is Cc1cccc(C(=O)c2cc(Cl)c(Br)cc2F)c1. The fraction of sp³-hybridized carbons (Fsp3) is 0.0714. The van der Waals surface area contributed by atoms with Crippen LogP contribution in [-0.2, 0) is 0 Å². The Hall–Kier alpha value is -1.19. The van der Waals surface area contributed by atoms with Gasteiger partial charge in [0.15, 0.2) is 5.78 Å². The average molecular weight is 328 g/mol. The lowest BCUT2D eigenvalue weighted by molar-refractivity contribution is 0.103. The van der Waals surface area contributed by atoms with Gasteiger partial charge in [0.2, 0.25) is 0 Å². The van der Waals surface area contributed by atoms with Crippen LogP contribution in [0.15, 0.2) is 40.9 Å². The second-order valence-corrected chi connectivity index (χ2v) is 5.21. The van der Waals surface area contributed by atoms with Crippen LogP contribution in [0.5, 0.6) is 0 Å². The maximum Gasteiger partial charge on any atom is 0.196 e. The van der Waals surface area contributed by atoms with Crippen molar-refractivity contribution in [1.82, 2.24) is 0 Å². The van der Waals surface area contributed by atoms with Gasteiger partial charge in [-0.2, -0.15) is 0 Å². The van der Waals surface area contributed by atoms with Crippen LogP contribution >= 0.6 is 27.5 Å². The van der Waals surface area contributed by atoms with E-state index in [4.69, 9.17) is 11.6 Å². The van der Waals surface area contributed by atoms with Gasteiger partial charge < -0.3 is 0 Å². The number of carbonyl (C=O) groups excluding carboxylic acids is 1. The second-order valence-electron chi connectivity index (χ2n) is 3.94. The summed E-state index contributed by atoms with van der Waals surface area (Å²) in [6.07, 6.45) is 0. The van der Waals surface area contributed by atoms with Crippen LogP contribution in [0.25, 0.3) is 0 Å². The van der Waals surface area contributed by atoms with Crippen LogP contribution in [0.1, 0.15) is 21.5 Å². The van der Waals surface area contributed by atoms with Crippen LogP contribution in [0.3, 0.4) is 0 Å². The number of hydrogen-bond donors (Lipinski definition) is 0. The number of rotatable bonds is 2. The van der Waals surface area contributed by atoms with Gasteiger partial charge in [-0.1, -0.05) is 35.4 Å². The van der Waals surface area contributed by atoms with Gasteiger partial charge in [-0.05, 0) is 41.1 Å². The monoisotopic (exact) mass is 326 g/mol. The molecule has 0 aliphatic rings. The zero-order chi connectivity index (χ0) is 13.3. The lowest BCUT2D eigenvalue weighted by atomic mass is 10.0. The first-order valence-corrected chi connectivity index (χ1v) is 6.42. The van der Waals surface area contributed by atoms with E-state index in [9.17, 15) is 9.18 Å². The van der Waals surface area contributed by atoms with E-state index in [1.165, 1.54) is 12.1 Å². The topological polar surface area (TPSA) is 17.1 Å². The van der Waals surface area contributed by atoms with E-state index in [0.717, 1.165) is 5.56 Å². The number of hydrogen-bond acceptors (Lipinski definition) is 1. The van der Waals surface area contributed by atoms with Gasteiger partial charge in [0.25, 0.3) is 0 Å². The molecule has 0 amide bonds. The molecule has 0 atom stereocenters. The first-order chi connectivity index (χ1) is 8.49. The fourth-order valence-corrected chi connectivity index (χ4v) is 2.12. The number of carbonyl (C=O) groups is 1. The van der Waals surface area contributed by atoms with Crippen molar-refractivity contribution < 1.29 is 9.18 Å². The maximum atomic E-state index is 13.8. The zero-order valence-electron chi connectivity index (χ0n) is 9.51. The first kappa shape index (κ1) is 13.2. The lowest BCUT2D eigenvalue weighted by Crippen LogP contribution is -2.04. The molecule has 2 aromatic carbocycles. The van der Waals surface area contributed by atoms with Gasteiger partial charge in [0.1, 0.15) is 5.82 Å². The Morgan fingerprint density at radius 1 is 1.28 bits per heavy atom. The summed E-state index contributed by atoms with van der Waals surface area (Å²) in [7, 11) is 0. The highest BCUT2D eigenvalue weighted by Crippen LogP contribution is 2.27. The Balaban J connectivity index is 2.49. The summed E-state index contributed by atoms with van der Waals surface area (Å²) in [5.74, 6) is -0.955. The van der Waals surface area contributed by atoms with Crippen molar-refractivity contribution in [3.63, 3.8) is 0 Å². The van der Waals surface area contributed by atoms with Crippen LogP contribution in [0.4, 0.5) is 4.39 Å². The molecule has 0 heterocycles. The standard InChI is InChI=1S/C14H9BrClFO/c1-8-3-2-4-9(5-8)14(18)10-6-12(16)11(15)7-13(10)17/h2-7H,1H3. The Labute approximate surface area is 118 Å². The van der Waals surface area contributed by atoms with Crippen LogP contribution < -0.4 is 0 Å². The van der Waals surface area contributed by atoms with E-state index in [0.29, 0.717) is 15.1 Å². The van der Waals surface area contributed by atoms with E-state index >= 15 is 0 Å². The predicted octanol–water partition coefficient (Wildman–Crippen LogP) is 4.78. The van der Waals surface area contributed by atoms with Gasteiger partial charge in [0, 0.05) is 10.0 Å². The fourth-order valence-electron chi connectivity index (χ4n) is 1.64. The van der Waals surface area contributed by atoms with Crippen molar-refractivity contribution in [3.8, 4) is 0 Å². The third-order valence-corrected chi connectivity index (χ3v) is 3.73. The highest BCUT2D eigenvalue weighted by Gasteiger charge is 2.16. The molecular weight excluding hydrogens is 319 g/mol. The molecule has 0 aliphatic carbocycles. The highest BCUT2D eigenvalue weighted by atomic mass is 79.9. The van der Waals surface area contributed by atoms with E-state index in [1.54, 1.807) is 18.2 Å². The Bertz CT molecular complexity index is 625. The molecule has 0 bridgehead atoms. The highest BCUT2D eigenvalue weighted by molar-refractivity contribution is 9.10. The molecule has 0 spiro atoms. The van der Waals surface area contributed by atoms with Crippen molar-refractivity contribution in [1.29, 1.82) is 0 Å². The van der Waals surface area contributed by atoms with Crippen molar-refractivity contribution >= 4 is 33.3 Å². The molecule has 92 valence electrons. The van der Waals surface area contributed by atoms with Crippen molar-refractivity contribution in [2.75, 3.05) is 0 Å². The minimum absolute atomic E-state index is 0.0196. The summed E-state index contributed by atoms with van der Waals surface area (Å²) >= 11 is 9.00. The first-order valence-electron chi connectivity index (χ1n) is 5.25. The molecule has 0 N–H and O–H groups in total. The smallest absolute Gasteiger partial charge is 0.196 e. The molecular formula is C14H9BrClFO. The zero-order valence-corrected chi connectivity index (χ0v) is 11.8. The van der Waals surface area contributed by atoms with E-state index in [-0.39, 0.29) is 11.3 Å². The van der Waals surface area contributed by atoms with E-state index in [1.807, 2.05) is 13.0 Å². The summed E-state index contributed by atoms with van der Waals surface area (Å²) in [6, 6.07) is 9.56. The molecule has 4 heteroatoms. The van der Waals surface area contributed by atoms with Crippen LogP contribution in [0.2, 0.25) is 5.02 Å². The normalized spacial score (nSPS) is 10.4. The average Bonchev–Trinajstić information content (AvgIpc) is 2.33. The van der Waals surface area contributed by atoms with Gasteiger partial charge >= 0.3 is 0 Å². The minimum Gasteiger partial charge on any atom is -0.288 e. The Morgan fingerprint density at radius 2 is 2.00 bits per heavy atom. The molecule has 0 saturated carbocycles. The summed E-state index contributed by atoms with van der Waals surface area (Å²) in [6.45, 7) is 1.88. The molecule has 1 nitrogen and oxygen atoms in total. The maximum absolute atomic E-state index is 13.8. The second kappa shape index (κ2) is 5.21. The van der Waals surface area contributed by atoms with E-state index < -0.39 is 5.82 Å². The van der Waals surface area contributed by atoms with Crippen LogP contribution in [-0.4, -0.2) is 5.78 Å². The summed E-state index contributed by atoms with van der Waals surface area (Å²) < 4.78 is 14.2. The molecule has 0 aromatic heterocycles. The number of benzene rings is 2. The predicted molar refractivity (Wildman–Crippen MR) is 73.7 cm³/mol. The molecule has 0 unspecified atom stereocenters. The van der Waals surface area contributed by atoms with Crippen molar-refractivity contribution in [2.45, 2.75) is 6.92 Å². The van der Waals surface area contributed by atoms with E-state index in [2.05, 4.69) is 15.9 Å². The van der Waals surface area contributed by atoms with Gasteiger partial charge in [-0.15, -0.1) is 0 Å². The Kier molecular flexibility index (Phi) is 3.83. The summed E-state index contributed by atoms with van der Waals surface area (Å²) in [5.41, 5.74) is 1.38. The van der Waals surface area contributed by atoms with Gasteiger partial charge in [-0.25, -0.2) is 4.39 Å². The third kappa shape index (κ3) is 2.62. The summed E-state index contributed by atoms with van der Waals surface area (Å²) in [5, 5.41) is 0.312. The third-order valence-electron chi connectivity index (χ3n) is 2.53. The molecule has 0 fully saturated rings. The summed E-state index contributed by atoms with van der Waals surface area (Å²) in [4.78, 5) is 12.2. The molecule has 0 aliphatic heterocycles. The quantitative estimate of drug-likeness (QED) is 0.573. The number of ketones is 1. The molecule has 2 rings (SSSR count). The number of aryl methyl sites for hydroxylation is 1. The molecule has 0 radical (unpaired) electrons. The lowest BCUT2D eigenvalue weighted by Gasteiger charge is -2.05. The largest absolute Gasteiger partial charge is 0.288 e. The molecule has 0 saturated heterocycles. The van der Waals surface area contributed by atoms with Crippen molar-refractivity contribution in [3.05, 3.63) is 68.4 Å². The molecule has 18 heavy (non-hydrogen) atoms. The Morgan fingerprint density at radius 3 is 2.67 bits per heavy atom. The number of halogens is 3. The molecule has 2 aromatic rings.